The highest BCUT2D eigenvalue weighted by molar-refractivity contribution is 9.09. The summed E-state index contributed by atoms with van der Waals surface area (Å²) in [5, 5.41) is 24.2. The maximum atomic E-state index is 9.79. The van der Waals surface area contributed by atoms with Crippen molar-refractivity contribution in [1.29, 1.82) is 0 Å². The standard InChI is InChI=1S/C10H17BrN2O2/c1-7(2)13-6-8(5-12-13)10(15)9(14)3-4-11/h5-7,9-10,14-15H,3-4H2,1-2H3. The van der Waals surface area contributed by atoms with Gasteiger partial charge in [-0.15, -0.1) is 0 Å². The first-order valence-corrected chi connectivity index (χ1v) is 6.14. The summed E-state index contributed by atoms with van der Waals surface area (Å²) in [4.78, 5) is 0. The molecule has 5 heteroatoms. The second kappa shape index (κ2) is 5.63. The number of alkyl halides is 1. The number of hydrogen-bond donors (Lipinski definition) is 2. The fraction of sp³-hybridized carbons (Fsp3) is 0.700. The lowest BCUT2D eigenvalue weighted by Gasteiger charge is -2.15. The van der Waals surface area contributed by atoms with Gasteiger partial charge in [-0.25, -0.2) is 0 Å². The molecule has 2 N–H and O–H groups in total. The Morgan fingerprint density at radius 1 is 1.47 bits per heavy atom. The largest absolute Gasteiger partial charge is 0.390 e. The van der Waals surface area contributed by atoms with Crippen LogP contribution in [0.5, 0.6) is 0 Å². The van der Waals surface area contributed by atoms with Crippen LogP contribution in [0, 0.1) is 0 Å². The first kappa shape index (κ1) is 12.7. The Labute approximate surface area is 98.0 Å². The van der Waals surface area contributed by atoms with Crippen molar-refractivity contribution in [3.63, 3.8) is 0 Å². The van der Waals surface area contributed by atoms with Crippen LogP contribution in [0.1, 0.15) is 38.0 Å². The van der Waals surface area contributed by atoms with Crippen LogP contribution in [0.3, 0.4) is 0 Å². The Hall–Kier alpha value is -0.390. The van der Waals surface area contributed by atoms with E-state index in [9.17, 15) is 10.2 Å². The molecule has 4 nitrogen and oxygen atoms in total. The zero-order chi connectivity index (χ0) is 11.4. The van der Waals surface area contributed by atoms with Gasteiger partial charge in [-0.05, 0) is 20.3 Å². The molecule has 1 rings (SSSR count). The van der Waals surface area contributed by atoms with E-state index in [-0.39, 0.29) is 6.04 Å². The van der Waals surface area contributed by atoms with Crippen LogP contribution in [-0.2, 0) is 0 Å². The summed E-state index contributed by atoms with van der Waals surface area (Å²) >= 11 is 3.23. The molecule has 0 spiro atoms. The molecular weight excluding hydrogens is 260 g/mol. The second-order valence-electron chi connectivity index (χ2n) is 3.84. The molecule has 0 aliphatic carbocycles. The van der Waals surface area contributed by atoms with Crippen molar-refractivity contribution in [2.75, 3.05) is 5.33 Å². The van der Waals surface area contributed by atoms with Crippen molar-refractivity contribution in [3.05, 3.63) is 18.0 Å². The van der Waals surface area contributed by atoms with E-state index in [1.165, 1.54) is 0 Å². The molecule has 2 atom stereocenters. The van der Waals surface area contributed by atoms with Crippen molar-refractivity contribution < 1.29 is 10.2 Å². The van der Waals surface area contributed by atoms with E-state index in [1.807, 2.05) is 13.8 Å². The predicted octanol–water partition coefficient (Wildman–Crippen LogP) is 1.64. The number of aliphatic hydroxyl groups excluding tert-OH is 2. The van der Waals surface area contributed by atoms with Crippen molar-refractivity contribution in [2.45, 2.75) is 38.5 Å². The lowest BCUT2D eigenvalue weighted by atomic mass is 10.1. The highest BCUT2D eigenvalue weighted by Crippen LogP contribution is 2.19. The maximum absolute atomic E-state index is 9.79. The van der Waals surface area contributed by atoms with Gasteiger partial charge in [0.1, 0.15) is 6.10 Å². The van der Waals surface area contributed by atoms with Crippen molar-refractivity contribution in [2.24, 2.45) is 0 Å². The first-order valence-electron chi connectivity index (χ1n) is 5.02. The Balaban J connectivity index is 2.69. The average molecular weight is 277 g/mol. The topological polar surface area (TPSA) is 58.3 Å². The quantitative estimate of drug-likeness (QED) is 0.804. The van der Waals surface area contributed by atoms with Crippen LogP contribution in [0.15, 0.2) is 12.4 Å². The molecule has 0 bridgehead atoms. The van der Waals surface area contributed by atoms with Gasteiger partial charge in [0.05, 0.1) is 12.3 Å². The molecule has 0 aliphatic heterocycles. The monoisotopic (exact) mass is 276 g/mol. The normalized spacial score (nSPS) is 15.6. The van der Waals surface area contributed by atoms with Crippen LogP contribution in [0.25, 0.3) is 0 Å². The van der Waals surface area contributed by atoms with Gasteiger partial charge in [0.15, 0.2) is 0 Å². The van der Waals surface area contributed by atoms with E-state index in [4.69, 9.17) is 0 Å². The minimum Gasteiger partial charge on any atom is -0.390 e. The number of halogens is 1. The van der Waals surface area contributed by atoms with E-state index in [2.05, 4.69) is 21.0 Å². The highest BCUT2D eigenvalue weighted by atomic mass is 79.9. The van der Waals surface area contributed by atoms with Crippen molar-refractivity contribution >= 4 is 15.9 Å². The van der Waals surface area contributed by atoms with Gasteiger partial charge in [-0.3, -0.25) is 4.68 Å². The molecule has 0 radical (unpaired) electrons. The van der Waals surface area contributed by atoms with Crippen LogP contribution >= 0.6 is 15.9 Å². The zero-order valence-electron chi connectivity index (χ0n) is 8.97. The minimum atomic E-state index is -0.852. The number of rotatable bonds is 5. The molecule has 0 fully saturated rings. The van der Waals surface area contributed by atoms with E-state index in [0.717, 1.165) is 0 Å². The number of aromatic nitrogens is 2. The number of hydrogen-bond acceptors (Lipinski definition) is 3. The van der Waals surface area contributed by atoms with Crippen LogP contribution in [0.2, 0.25) is 0 Å². The predicted molar refractivity (Wildman–Crippen MR) is 62.0 cm³/mol. The molecule has 15 heavy (non-hydrogen) atoms. The third-order valence-corrected chi connectivity index (χ3v) is 2.72. The summed E-state index contributed by atoms with van der Waals surface area (Å²) in [6.45, 7) is 4.02. The molecular formula is C10H17BrN2O2. The Kier molecular flexibility index (Phi) is 4.76. The van der Waals surface area contributed by atoms with E-state index in [1.54, 1.807) is 17.1 Å². The fourth-order valence-corrected chi connectivity index (χ4v) is 1.75. The SMILES string of the molecule is CC(C)n1cc(C(O)C(O)CCBr)cn1. The Morgan fingerprint density at radius 2 is 2.13 bits per heavy atom. The van der Waals surface area contributed by atoms with E-state index in [0.29, 0.717) is 17.3 Å². The van der Waals surface area contributed by atoms with Gasteiger partial charge in [-0.2, -0.15) is 5.10 Å². The smallest absolute Gasteiger partial charge is 0.108 e. The zero-order valence-corrected chi connectivity index (χ0v) is 10.6. The van der Waals surface area contributed by atoms with Gasteiger partial charge < -0.3 is 10.2 Å². The summed E-state index contributed by atoms with van der Waals surface area (Å²) < 4.78 is 1.76. The van der Waals surface area contributed by atoms with Crippen LogP contribution in [-0.4, -0.2) is 31.4 Å². The van der Waals surface area contributed by atoms with Crippen molar-refractivity contribution in [1.82, 2.24) is 9.78 Å². The lowest BCUT2D eigenvalue weighted by Crippen LogP contribution is -2.18. The molecule has 1 aromatic rings. The van der Waals surface area contributed by atoms with Gasteiger partial charge in [0.25, 0.3) is 0 Å². The number of nitrogens with zero attached hydrogens (tertiary/aromatic N) is 2. The van der Waals surface area contributed by atoms with Gasteiger partial charge in [-0.1, -0.05) is 15.9 Å². The third kappa shape index (κ3) is 3.29. The number of aliphatic hydroxyl groups is 2. The lowest BCUT2D eigenvalue weighted by molar-refractivity contribution is 0.0173. The average Bonchev–Trinajstić information content (AvgIpc) is 2.65. The second-order valence-corrected chi connectivity index (χ2v) is 4.63. The molecule has 0 saturated carbocycles. The Bertz CT molecular complexity index is 301. The van der Waals surface area contributed by atoms with Gasteiger partial charge >= 0.3 is 0 Å². The summed E-state index contributed by atoms with van der Waals surface area (Å²) in [6.07, 6.45) is 2.30. The fourth-order valence-electron chi connectivity index (χ4n) is 1.28. The highest BCUT2D eigenvalue weighted by Gasteiger charge is 2.19. The molecule has 2 unspecified atom stereocenters. The summed E-state index contributed by atoms with van der Waals surface area (Å²) in [7, 11) is 0. The molecule has 0 aliphatic rings. The molecule has 86 valence electrons. The molecule has 1 aromatic heterocycles. The molecule has 0 aromatic carbocycles. The third-order valence-electron chi connectivity index (χ3n) is 2.26. The summed E-state index contributed by atoms with van der Waals surface area (Å²) in [6, 6.07) is 0.263. The summed E-state index contributed by atoms with van der Waals surface area (Å²) in [5.41, 5.74) is 0.664. The minimum absolute atomic E-state index is 0.263. The van der Waals surface area contributed by atoms with Gasteiger partial charge in [0, 0.05) is 23.1 Å². The molecule has 1 heterocycles. The van der Waals surface area contributed by atoms with Gasteiger partial charge in [0.2, 0.25) is 0 Å². The Morgan fingerprint density at radius 3 is 2.60 bits per heavy atom. The summed E-state index contributed by atoms with van der Waals surface area (Å²) in [5.74, 6) is 0. The van der Waals surface area contributed by atoms with E-state index < -0.39 is 12.2 Å². The molecule has 0 amide bonds. The first-order chi connectivity index (χ1) is 7.06. The van der Waals surface area contributed by atoms with Crippen LogP contribution < -0.4 is 0 Å². The van der Waals surface area contributed by atoms with Crippen molar-refractivity contribution in [3.8, 4) is 0 Å². The maximum Gasteiger partial charge on any atom is 0.108 e. The van der Waals surface area contributed by atoms with Crippen LogP contribution in [0.4, 0.5) is 0 Å². The molecule has 0 saturated heterocycles. The van der Waals surface area contributed by atoms with E-state index >= 15 is 0 Å².